The van der Waals surface area contributed by atoms with E-state index < -0.39 is 0 Å². The summed E-state index contributed by atoms with van der Waals surface area (Å²) in [4.78, 5) is 1.24. The fourth-order valence-electron chi connectivity index (χ4n) is 1.28. The van der Waals surface area contributed by atoms with Gasteiger partial charge >= 0.3 is 0 Å². The van der Waals surface area contributed by atoms with Crippen molar-refractivity contribution < 1.29 is 4.39 Å². The van der Waals surface area contributed by atoms with E-state index in [1.807, 2.05) is 6.07 Å². The van der Waals surface area contributed by atoms with Crippen LogP contribution >= 0.6 is 22.9 Å². The zero-order chi connectivity index (χ0) is 9.42. The van der Waals surface area contributed by atoms with Crippen LogP contribution in [0.4, 0.5) is 4.39 Å². The predicted molar refractivity (Wildman–Crippen MR) is 56.2 cm³/mol. The molecule has 0 aliphatic heterocycles. The Bertz CT molecular complexity index is 447. The first-order valence-electron chi connectivity index (χ1n) is 4.08. The van der Waals surface area contributed by atoms with Gasteiger partial charge in [-0.05, 0) is 24.6 Å². The third kappa shape index (κ3) is 1.45. The van der Waals surface area contributed by atoms with Gasteiger partial charge in [0.05, 0.1) is 5.02 Å². The van der Waals surface area contributed by atoms with Crippen LogP contribution in [-0.2, 0) is 6.42 Å². The maximum absolute atomic E-state index is 13.0. The molecule has 0 aliphatic carbocycles. The second kappa shape index (κ2) is 3.28. The van der Waals surface area contributed by atoms with Crippen LogP contribution < -0.4 is 0 Å². The first kappa shape index (κ1) is 8.97. The molecule has 1 aromatic carbocycles. The summed E-state index contributed by atoms with van der Waals surface area (Å²) in [6, 6.07) is 5.16. The lowest BCUT2D eigenvalue weighted by atomic mass is 10.2. The van der Waals surface area contributed by atoms with Gasteiger partial charge in [0.2, 0.25) is 0 Å². The number of benzene rings is 1. The highest BCUT2D eigenvalue weighted by molar-refractivity contribution is 7.19. The fourth-order valence-corrected chi connectivity index (χ4v) is 2.56. The second-order valence-electron chi connectivity index (χ2n) is 2.84. The molecular weight excluding hydrogens is 207 g/mol. The van der Waals surface area contributed by atoms with Gasteiger partial charge in [0, 0.05) is 15.0 Å². The summed E-state index contributed by atoms with van der Waals surface area (Å²) in [6.07, 6.45) is 0.970. The van der Waals surface area contributed by atoms with E-state index in [0.29, 0.717) is 0 Å². The van der Waals surface area contributed by atoms with Crippen molar-refractivity contribution in [3.05, 3.63) is 33.9 Å². The molecule has 0 aliphatic rings. The predicted octanol–water partition coefficient (Wildman–Crippen LogP) is 4.26. The molecule has 0 nitrogen and oxygen atoms in total. The van der Waals surface area contributed by atoms with Gasteiger partial charge in [0.25, 0.3) is 0 Å². The Morgan fingerprint density at radius 1 is 1.46 bits per heavy atom. The van der Waals surface area contributed by atoms with Crippen molar-refractivity contribution in [2.24, 2.45) is 0 Å². The third-order valence-electron chi connectivity index (χ3n) is 1.99. The van der Waals surface area contributed by atoms with E-state index >= 15 is 0 Å². The van der Waals surface area contributed by atoms with Gasteiger partial charge in [0.15, 0.2) is 0 Å². The SMILES string of the molecule is CCc1cc2c(Cl)c(F)ccc2s1. The number of fused-ring (bicyclic) bond motifs is 1. The largest absolute Gasteiger partial charge is 0.205 e. The Morgan fingerprint density at radius 2 is 2.23 bits per heavy atom. The van der Waals surface area contributed by atoms with Crippen molar-refractivity contribution in [2.75, 3.05) is 0 Å². The van der Waals surface area contributed by atoms with Gasteiger partial charge in [-0.3, -0.25) is 0 Å². The maximum atomic E-state index is 13.0. The van der Waals surface area contributed by atoms with E-state index in [1.165, 1.54) is 10.9 Å². The number of halogens is 2. The quantitative estimate of drug-likeness (QED) is 0.666. The third-order valence-corrected chi connectivity index (χ3v) is 3.62. The molecule has 0 unspecified atom stereocenters. The average molecular weight is 215 g/mol. The lowest BCUT2D eigenvalue weighted by Crippen LogP contribution is -1.74. The lowest BCUT2D eigenvalue weighted by Gasteiger charge is -1.93. The smallest absolute Gasteiger partial charge is 0.142 e. The molecule has 1 aromatic heterocycles. The van der Waals surface area contributed by atoms with E-state index in [1.54, 1.807) is 17.4 Å². The zero-order valence-corrected chi connectivity index (χ0v) is 8.68. The van der Waals surface area contributed by atoms with Crippen LogP contribution in [0.15, 0.2) is 18.2 Å². The monoisotopic (exact) mass is 214 g/mol. The van der Waals surface area contributed by atoms with Crippen molar-refractivity contribution in [1.29, 1.82) is 0 Å². The number of aryl methyl sites for hydroxylation is 1. The van der Waals surface area contributed by atoms with Gasteiger partial charge in [-0.25, -0.2) is 4.39 Å². The summed E-state index contributed by atoms with van der Waals surface area (Å²) in [7, 11) is 0. The normalized spacial score (nSPS) is 11.0. The molecule has 0 radical (unpaired) electrons. The van der Waals surface area contributed by atoms with Crippen LogP contribution in [0.2, 0.25) is 5.02 Å². The molecular formula is C10H8ClFS. The van der Waals surface area contributed by atoms with Crippen molar-refractivity contribution in [1.82, 2.24) is 0 Å². The van der Waals surface area contributed by atoms with Crippen LogP contribution in [0.3, 0.4) is 0 Å². The summed E-state index contributed by atoms with van der Waals surface area (Å²) >= 11 is 7.50. The Hall–Kier alpha value is -0.600. The minimum absolute atomic E-state index is 0.244. The zero-order valence-electron chi connectivity index (χ0n) is 7.10. The van der Waals surface area contributed by atoms with Gasteiger partial charge in [0.1, 0.15) is 5.82 Å². The van der Waals surface area contributed by atoms with Crippen LogP contribution in [0.25, 0.3) is 10.1 Å². The molecule has 0 saturated carbocycles. The molecule has 0 atom stereocenters. The van der Waals surface area contributed by atoms with Crippen LogP contribution in [0.1, 0.15) is 11.8 Å². The van der Waals surface area contributed by atoms with Crippen LogP contribution in [0, 0.1) is 5.82 Å². The molecule has 0 N–H and O–H groups in total. The van der Waals surface area contributed by atoms with E-state index in [4.69, 9.17) is 11.6 Å². The molecule has 2 rings (SSSR count). The molecule has 0 bridgehead atoms. The molecule has 1 heterocycles. The van der Waals surface area contributed by atoms with Gasteiger partial charge in [-0.2, -0.15) is 0 Å². The summed E-state index contributed by atoms with van der Waals surface area (Å²) in [5.74, 6) is -0.338. The van der Waals surface area contributed by atoms with Crippen molar-refractivity contribution in [2.45, 2.75) is 13.3 Å². The van der Waals surface area contributed by atoms with Gasteiger partial charge in [-0.1, -0.05) is 18.5 Å². The highest BCUT2D eigenvalue weighted by Crippen LogP contribution is 2.32. The lowest BCUT2D eigenvalue weighted by molar-refractivity contribution is 0.630. The van der Waals surface area contributed by atoms with E-state index in [0.717, 1.165) is 16.5 Å². The summed E-state index contributed by atoms with van der Waals surface area (Å²) in [5, 5.41) is 1.08. The highest BCUT2D eigenvalue weighted by Gasteiger charge is 2.07. The van der Waals surface area contributed by atoms with Crippen molar-refractivity contribution in [3.8, 4) is 0 Å². The highest BCUT2D eigenvalue weighted by atomic mass is 35.5. The Balaban J connectivity index is 2.76. The Labute approximate surface area is 85.0 Å². The minimum atomic E-state index is -0.338. The van der Waals surface area contributed by atoms with Gasteiger partial charge in [-0.15, -0.1) is 11.3 Å². The summed E-state index contributed by atoms with van der Waals surface area (Å²) in [5.41, 5.74) is 0. The molecule has 0 amide bonds. The number of rotatable bonds is 1. The molecule has 13 heavy (non-hydrogen) atoms. The van der Waals surface area contributed by atoms with E-state index in [2.05, 4.69) is 6.92 Å². The standard InChI is InChI=1S/C10H8ClFS/c1-2-6-5-7-9(13-6)4-3-8(12)10(7)11/h3-5H,2H2,1H3. The topological polar surface area (TPSA) is 0 Å². The van der Waals surface area contributed by atoms with Crippen LogP contribution in [0.5, 0.6) is 0 Å². The van der Waals surface area contributed by atoms with Gasteiger partial charge < -0.3 is 0 Å². The molecule has 2 aromatic rings. The van der Waals surface area contributed by atoms with Crippen molar-refractivity contribution >= 4 is 33.0 Å². The Kier molecular flexibility index (Phi) is 2.26. The summed E-state index contributed by atoms with van der Waals surface area (Å²) in [6.45, 7) is 2.08. The maximum Gasteiger partial charge on any atom is 0.142 e. The molecule has 68 valence electrons. The molecule has 3 heteroatoms. The fraction of sp³-hybridized carbons (Fsp3) is 0.200. The molecule has 0 spiro atoms. The van der Waals surface area contributed by atoms with E-state index in [-0.39, 0.29) is 10.8 Å². The first-order valence-corrected chi connectivity index (χ1v) is 5.28. The number of hydrogen-bond acceptors (Lipinski definition) is 1. The first-order chi connectivity index (χ1) is 6.22. The molecule has 0 fully saturated rings. The molecule has 0 saturated heterocycles. The van der Waals surface area contributed by atoms with E-state index in [9.17, 15) is 4.39 Å². The van der Waals surface area contributed by atoms with Crippen LogP contribution in [-0.4, -0.2) is 0 Å². The minimum Gasteiger partial charge on any atom is -0.205 e. The average Bonchev–Trinajstić information content (AvgIpc) is 2.55. The number of thiophene rings is 1. The summed E-state index contributed by atoms with van der Waals surface area (Å²) < 4.78 is 14.1. The number of hydrogen-bond donors (Lipinski definition) is 0. The van der Waals surface area contributed by atoms with Crippen molar-refractivity contribution in [3.63, 3.8) is 0 Å². The Morgan fingerprint density at radius 3 is 2.92 bits per heavy atom. The second-order valence-corrected chi connectivity index (χ2v) is 4.39.